The molecule has 0 saturated carbocycles. The number of hydrogen-bond acceptors (Lipinski definition) is 3. The average Bonchev–Trinajstić information content (AvgIpc) is 2.24. The third-order valence-electron chi connectivity index (χ3n) is 2.00. The Labute approximate surface area is 99.7 Å². The highest BCUT2D eigenvalue weighted by Crippen LogP contribution is 2.32. The number of benzene rings is 1. The number of halogens is 3. The second-order valence-electron chi connectivity index (χ2n) is 3.03. The van der Waals surface area contributed by atoms with Gasteiger partial charge >= 0.3 is 0 Å². The minimum atomic E-state index is -0.963. The fourth-order valence-corrected chi connectivity index (χ4v) is 1.71. The van der Waals surface area contributed by atoms with Gasteiger partial charge in [-0.3, -0.25) is 4.79 Å². The molecule has 2 N–H and O–H groups in total. The normalized spacial score (nSPS) is 10.3. The van der Waals surface area contributed by atoms with Crippen molar-refractivity contribution in [2.45, 2.75) is 6.42 Å². The second-order valence-corrected chi connectivity index (χ2v) is 3.82. The van der Waals surface area contributed by atoms with Crippen molar-refractivity contribution in [3.8, 4) is 5.75 Å². The fraction of sp³-hybridized carbons (Fsp3) is 0.300. The van der Waals surface area contributed by atoms with E-state index in [0.717, 1.165) is 6.07 Å². The van der Waals surface area contributed by atoms with Crippen LogP contribution in [0.4, 0.5) is 8.78 Å². The van der Waals surface area contributed by atoms with Crippen LogP contribution >= 0.6 is 15.9 Å². The van der Waals surface area contributed by atoms with Gasteiger partial charge in [-0.1, -0.05) is 0 Å². The topological polar surface area (TPSA) is 52.3 Å². The lowest BCUT2D eigenvalue weighted by Crippen LogP contribution is -2.12. The maximum atomic E-state index is 13.7. The molecule has 0 unspecified atom stereocenters. The SMILES string of the molecule is COc1cc(F)c(C(=O)CCN)c(F)c1Br. The van der Waals surface area contributed by atoms with Gasteiger partial charge in [0.1, 0.15) is 11.6 Å². The van der Waals surface area contributed by atoms with Gasteiger partial charge in [-0.2, -0.15) is 0 Å². The van der Waals surface area contributed by atoms with E-state index >= 15 is 0 Å². The summed E-state index contributed by atoms with van der Waals surface area (Å²) in [4.78, 5) is 11.4. The predicted octanol–water partition coefficient (Wildman–Crippen LogP) is 2.27. The Hall–Kier alpha value is -1.01. The van der Waals surface area contributed by atoms with Gasteiger partial charge in [0.05, 0.1) is 17.1 Å². The van der Waals surface area contributed by atoms with E-state index in [1.54, 1.807) is 0 Å². The molecule has 0 aliphatic heterocycles. The molecule has 0 amide bonds. The minimum Gasteiger partial charge on any atom is -0.495 e. The number of hydrogen-bond donors (Lipinski definition) is 1. The summed E-state index contributed by atoms with van der Waals surface area (Å²) in [5.41, 5.74) is 4.57. The first-order valence-electron chi connectivity index (χ1n) is 4.47. The lowest BCUT2D eigenvalue weighted by molar-refractivity contribution is 0.0977. The molecule has 1 rings (SSSR count). The molecule has 0 atom stereocenters. The van der Waals surface area contributed by atoms with E-state index in [1.807, 2.05) is 0 Å². The molecule has 6 heteroatoms. The summed E-state index contributed by atoms with van der Waals surface area (Å²) in [6.07, 6.45) is -0.105. The quantitative estimate of drug-likeness (QED) is 0.684. The van der Waals surface area contributed by atoms with Crippen molar-refractivity contribution in [2.24, 2.45) is 5.73 Å². The monoisotopic (exact) mass is 293 g/mol. The van der Waals surface area contributed by atoms with Crippen LogP contribution in [0.5, 0.6) is 5.75 Å². The number of Topliss-reactive ketones (excluding diaryl/α,β-unsaturated/α-hetero) is 1. The molecule has 0 radical (unpaired) electrons. The molecule has 88 valence electrons. The lowest BCUT2D eigenvalue weighted by atomic mass is 10.1. The third-order valence-corrected chi connectivity index (χ3v) is 2.73. The largest absolute Gasteiger partial charge is 0.495 e. The van der Waals surface area contributed by atoms with Gasteiger partial charge in [0.2, 0.25) is 0 Å². The van der Waals surface area contributed by atoms with Crippen molar-refractivity contribution in [2.75, 3.05) is 13.7 Å². The van der Waals surface area contributed by atoms with Crippen molar-refractivity contribution in [1.29, 1.82) is 0 Å². The van der Waals surface area contributed by atoms with E-state index < -0.39 is 23.0 Å². The molecule has 0 heterocycles. The van der Waals surface area contributed by atoms with Crippen molar-refractivity contribution in [3.05, 3.63) is 27.7 Å². The van der Waals surface area contributed by atoms with Crippen molar-refractivity contribution in [1.82, 2.24) is 0 Å². The van der Waals surface area contributed by atoms with Crippen molar-refractivity contribution < 1.29 is 18.3 Å². The van der Waals surface area contributed by atoms with Gasteiger partial charge in [-0.05, 0) is 22.5 Å². The molecular formula is C10H10BrF2NO2. The van der Waals surface area contributed by atoms with Gasteiger partial charge in [-0.15, -0.1) is 0 Å². The standard InChI is InChI=1S/C10H10BrF2NO2/c1-16-7-4-5(12)8(6(15)2-3-14)10(13)9(7)11/h4H,2-3,14H2,1H3. The number of nitrogens with two attached hydrogens (primary N) is 1. The second kappa shape index (κ2) is 5.36. The van der Waals surface area contributed by atoms with Crippen LogP contribution < -0.4 is 10.5 Å². The smallest absolute Gasteiger partial charge is 0.170 e. The Kier molecular flexibility index (Phi) is 4.37. The highest BCUT2D eigenvalue weighted by Gasteiger charge is 2.22. The first-order valence-corrected chi connectivity index (χ1v) is 5.27. The van der Waals surface area contributed by atoms with Crippen LogP contribution in [0.15, 0.2) is 10.5 Å². The van der Waals surface area contributed by atoms with Gasteiger partial charge in [0.15, 0.2) is 11.6 Å². The number of carbonyl (C=O) groups is 1. The van der Waals surface area contributed by atoms with Gasteiger partial charge in [0.25, 0.3) is 0 Å². The first-order chi connectivity index (χ1) is 7.52. The Bertz CT molecular complexity index is 424. The Morgan fingerprint density at radius 1 is 1.56 bits per heavy atom. The number of rotatable bonds is 4. The third kappa shape index (κ3) is 2.38. The molecular weight excluding hydrogens is 284 g/mol. The number of methoxy groups -OCH3 is 1. The average molecular weight is 294 g/mol. The van der Waals surface area contributed by atoms with Crippen LogP contribution in [-0.2, 0) is 0 Å². The summed E-state index contributed by atoms with van der Waals surface area (Å²) in [7, 11) is 1.28. The molecule has 0 aromatic heterocycles. The molecule has 1 aromatic rings. The predicted molar refractivity (Wildman–Crippen MR) is 58.6 cm³/mol. The summed E-state index contributed by atoms with van der Waals surface area (Å²) < 4.78 is 31.8. The summed E-state index contributed by atoms with van der Waals surface area (Å²) in [6.45, 7) is 0.0430. The maximum Gasteiger partial charge on any atom is 0.170 e. The Morgan fingerprint density at radius 3 is 2.69 bits per heavy atom. The van der Waals surface area contributed by atoms with Crippen molar-refractivity contribution in [3.63, 3.8) is 0 Å². The molecule has 0 bridgehead atoms. The number of ketones is 1. The summed E-state index contributed by atoms with van der Waals surface area (Å²) in [5.74, 6) is -2.58. The maximum absolute atomic E-state index is 13.7. The molecule has 0 spiro atoms. The fourth-order valence-electron chi connectivity index (χ4n) is 1.23. The molecule has 0 saturated heterocycles. The number of carbonyl (C=O) groups excluding carboxylic acids is 1. The molecule has 0 aliphatic carbocycles. The lowest BCUT2D eigenvalue weighted by Gasteiger charge is -2.09. The van der Waals surface area contributed by atoms with E-state index in [2.05, 4.69) is 15.9 Å². The van der Waals surface area contributed by atoms with Crippen LogP contribution in [0.1, 0.15) is 16.8 Å². The molecule has 0 aliphatic rings. The highest BCUT2D eigenvalue weighted by molar-refractivity contribution is 9.10. The molecule has 0 fully saturated rings. The number of ether oxygens (including phenoxy) is 1. The van der Waals surface area contributed by atoms with E-state index in [-0.39, 0.29) is 23.2 Å². The summed E-state index contributed by atoms with van der Waals surface area (Å²) in [6, 6.07) is 0.955. The Morgan fingerprint density at radius 2 is 2.19 bits per heavy atom. The first kappa shape index (κ1) is 13.1. The van der Waals surface area contributed by atoms with E-state index in [0.29, 0.717) is 0 Å². The van der Waals surface area contributed by atoms with Gasteiger partial charge in [-0.25, -0.2) is 8.78 Å². The zero-order valence-electron chi connectivity index (χ0n) is 8.52. The van der Waals surface area contributed by atoms with Crippen LogP contribution in [0, 0.1) is 11.6 Å². The van der Waals surface area contributed by atoms with Crippen LogP contribution in [-0.4, -0.2) is 19.4 Å². The zero-order chi connectivity index (χ0) is 12.3. The summed E-state index contributed by atoms with van der Waals surface area (Å²) >= 11 is 2.89. The minimum absolute atomic E-state index is 0.000650. The van der Waals surface area contributed by atoms with E-state index in [1.165, 1.54) is 7.11 Å². The van der Waals surface area contributed by atoms with E-state index in [9.17, 15) is 13.6 Å². The molecule has 3 nitrogen and oxygen atoms in total. The van der Waals surface area contributed by atoms with Crippen LogP contribution in [0.25, 0.3) is 0 Å². The molecule has 1 aromatic carbocycles. The Balaban J connectivity index is 3.30. The van der Waals surface area contributed by atoms with Gasteiger partial charge < -0.3 is 10.5 Å². The van der Waals surface area contributed by atoms with E-state index in [4.69, 9.17) is 10.5 Å². The van der Waals surface area contributed by atoms with Crippen molar-refractivity contribution >= 4 is 21.7 Å². The highest BCUT2D eigenvalue weighted by atomic mass is 79.9. The summed E-state index contributed by atoms with van der Waals surface area (Å²) in [5, 5.41) is 0. The van der Waals surface area contributed by atoms with Crippen LogP contribution in [0.2, 0.25) is 0 Å². The zero-order valence-corrected chi connectivity index (χ0v) is 10.1. The molecule has 16 heavy (non-hydrogen) atoms. The van der Waals surface area contributed by atoms with Crippen LogP contribution in [0.3, 0.4) is 0 Å². The van der Waals surface area contributed by atoms with Gasteiger partial charge in [0, 0.05) is 12.5 Å².